The summed E-state index contributed by atoms with van der Waals surface area (Å²) in [7, 11) is 0. The van der Waals surface area contributed by atoms with Crippen LogP contribution in [0, 0.1) is 0 Å². The maximum absolute atomic E-state index is 13.1. The molecule has 6 heteroatoms. The fraction of sp³-hybridized carbons (Fsp3) is 0.0400. The van der Waals surface area contributed by atoms with E-state index in [1.54, 1.807) is 16.7 Å². The van der Waals surface area contributed by atoms with Crippen LogP contribution in [0.5, 0.6) is 0 Å². The van der Waals surface area contributed by atoms with Crippen LogP contribution in [-0.2, 0) is 0 Å². The van der Waals surface area contributed by atoms with Gasteiger partial charge in [-0.25, -0.2) is 0 Å². The van der Waals surface area contributed by atoms with Crippen LogP contribution in [0.25, 0.3) is 4.96 Å². The predicted octanol–water partition coefficient (Wildman–Crippen LogP) is 3.96. The number of nitrogens with zero attached hydrogens (tertiary/aromatic N) is 2. The first kappa shape index (κ1) is 21.5. The van der Waals surface area contributed by atoms with Gasteiger partial charge < -0.3 is 0 Å². The van der Waals surface area contributed by atoms with Gasteiger partial charge >= 0.3 is 179 Å². The van der Waals surface area contributed by atoms with Gasteiger partial charge in [-0.3, -0.25) is 0 Å². The Hall–Kier alpha value is -2.78. The Kier molecular flexibility index (Phi) is 5.57. The van der Waals surface area contributed by atoms with Crippen molar-refractivity contribution in [2.24, 2.45) is 0 Å². The van der Waals surface area contributed by atoms with Crippen molar-refractivity contribution in [3.63, 3.8) is 0 Å². The first-order valence-corrected chi connectivity index (χ1v) is 13.3. The van der Waals surface area contributed by atoms with Crippen molar-refractivity contribution in [3.8, 4) is 0 Å². The monoisotopic (exact) mass is 464 g/mol. The zero-order valence-corrected chi connectivity index (χ0v) is 19.5. The van der Waals surface area contributed by atoms with E-state index in [0.717, 1.165) is 10.4 Å². The molecule has 0 amide bonds. The van der Waals surface area contributed by atoms with E-state index in [-0.39, 0.29) is 18.0 Å². The van der Waals surface area contributed by atoms with Gasteiger partial charge in [0.15, 0.2) is 0 Å². The molecule has 0 bridgehead atoms. The second-order valence-corrected chi connectivity index (χ2v) is 13.6. The molecule has 0 spiro atoms. The average molecular weight is 465 g/mol. The van der Waals surface area contributed by atoms with Crippen LogP contribution in [0.15, 0.2) is 113 Å². The SMILES string of the molecule is CP(c1ccccc1)(c1ccccc1)(c1ccccc1)c1cc(=O)n2ccsc2n1.Cl. The first-order chi connectivity index (χ1) is 14.6. The molecule has 5 aromatic rings. The van der Waals surface area contributed by atoms with Crippen LogP contribution < -0.4 is 26.9 Å². The van der Waals surface area contributed by atoms with Crippen molar-refractivity contribution < 1.29 is 0 Å². The quantitative estimate of drug-likeness (QED) is 0.377. The van der Waals surface area contributed by atoms with E-state index in [1.807, 2.05) is 23.6 Å². The van der Waals surface area contributed by atoms with Crippen LogP contribution in [0.1, 0.15) is 0 Å². The largest absolute Gasteiger partial charge is 0.147 e. The number of halogens is 1. The van der Waals surface area contributed by atoms with Crippen molar-refractivity contribution >= 4 is 56.7 Å². The van der Waals surface area contributed by atoms with E-state index < -0.39 is 6.60 Å². The molecule has 3 aromatic carbocycles. The van der Waals surface area contributed by atoms with E-state index in [2.05, 4.69) is 79.5 Å². The van der Waals surface area contributed by atoms with E-state index in [4.69, 9.17) is 4.98 Å². The van der Waals surface area contributed by atoms with Crippen molar-refractivity contribution in [2.75, 3.05) is 6.66 Å². The maximum Gasteiger partial charge on any atom is -0.147 e. The third-order valence-corrected chi connectivity index (χ3v) is 13.0. The molecule has 0 N–H and O–H groups in total. The molecule has 156 valence electrons. The van der Waals surface area contributed by atoms with Gasteiger partial charge in [-0.1, -0.05) is 0 Å². The van der Waals surface area contributed by atoms with E-state index >= 15 is 0 Å². The van der Waals surface area contributed by atoms with Crippen molar-refractivity contribution in [2.45, 2.75) is 0 Å². The van der Waals surface area contributed by atoms with E-state index in [1.165, 1.54) is 27.3 Å². The van der Waals surface area contributed by atoms with Gasteiger partial charge in [0.2, 0.25) is 0 Å². The molecule has 0 atom stereocenters. The normalized spacial score (nSPS) is 12.6. The molecular formula is C25H22ClN2OPS. The van der Waals surface area contributed by atoms with Crippen LogP contribution >= 0.6 is 30.3 Å². The molecular weight excluding hydrogens is 443 g/mol. The smallest absolute Gasteiger partial charge is 0.147 e. The Morgan fingerprint density at radius 1 is 0.774 bits per heavy atom. The standard InChI is InChI=1S/C25H21N2OPS.ClH/c1-29(20-11-5-2-6-12-20,21-13-7-3-8-14-21,22-15-9-4-10-16-22)23-19-24(28)27-17-18-30-25(27)26-23;/h2-19H,1H3;1H. The molecule has 0 aliphatic rings. The van der Waals surface area contributed by atoms with Gasteiger partial charge in [0.25, 0.3) is 0 Å². The summed E-state index contributed by atoms with van der Waals surface area (Å²) >= 11 is 1.49. The third-order valence-electron chi connectivity index (χ3n) is 6.07. The van der Waals surface area contributed by atoms with E-state index in [0.29, 0.717) is 0 Å². The van der Waals surface area contributed by atoms with Crippen LogP contribution in [-0.4, -0.2) is 16.0 Å². The van der Waals surface area contributed by atoms with Gasteiger partial charge in [-0.2, -0.15) is 0 Å². The number of fused-ring (bicyclic) bond motifs is 1. The summed E-state index contributed by atoms with van der Waals surface area (Å²) < 4.78 is 1.62. The van der Waals surface area contributed by atoms with Crippen molar-refractivity contribution in [3.05, 3.63) is 119 Å². The molecule has 0 fully saturated rings. The van der Waals surface area contributed by atoms with Crippen LogP contribution in [0.2, 0.25) is 0 Å². The summed E-state index contributed by atoms with van der Waals surface area (Å²) in [5, 5.41) is 5.47. The maximum atomic E-state index is 13.1. The number of benzene rings is 3. The summed E-state index contributed by atoms with van der Waals surface area (Å²) in [6.07, 6.45) is 1.79. The van der Waals surface area contributed by atoms with Gasteiger partial charge in [0.1, 0.15) is 0 Å². The molecule has 0 radical (unpaired) electrons. The van der Waals surface area contributed by atoms with Gasteiger partial charge in [0.05, 0.1) is 0 Å². The third kappa shape index (κ3) is 3.06. The molecule has 2 heterocycles. The molecule has 2 aromatic heterocycles. The Labute approximate surface area is 191 Å². The zero-order chi connectivity index (χ0) is 20.6. The van der Waals surface area contributed by atoms with Crippen LogP contribution in [0.3, 0.4) is 0 Å². The van der Waals surface area contributed by atoms with Crippen LogP contribution in [0.4, 0.5) is 0 Å². The minimum absolute atomic E-state index is 0. The number of hydrogen-bond acceptors (Lipinski definition) is 3. The minimum atomic E-state index is -3.26. The second kappa shape index (κ2) is 8.05. The Bertz CT molecular complexity index is 1290. The molecule has 31 heavy (non-hydrogen) atoms. The van der Waals surface area contributed by atoms with E-state index in [9.17, 15) is 4.79 Å². The Balaban J connectivity index is 0.00000231. The fourth-order valence-electron chi connectivity index (χ4n) is 4.36. The van der Waals surface area contributed by atoms with Crippen molar-refractivity contribution in [1.82, 2.24) is 9.38 Å². The van der Waals surface area contributed by atoms with Crippen molar-refractivity contribution in [1.29, 1.82) is 0 Å². The summed E-state index contributed by atoms with van der Waals surface area (Å²) in [5.41, 5.74) is 0.798. The number of aromatic nitrogens is 2. The number of hydrogen-bond donors (Lipinski definition) is 0. The molecule has 0 aliphatic heterocycles. The molecule has 0 saturated carbocycles. The summed E-state index contributed by atoms with van der Waals surface area (Å²) in [6.45, 7) is -0.946. The number of rotatable bonds is 4. The first-order valence-electron chi connectivity index (χ1n) is 9.78. The van der Waals surface area contributed by atoms with Gasteiger partial charge in [0, 0.05) is 0 Å². The summed E-state index contributed by atoms with van der Waals surface area (Å²) in [5.74, 6) is 0. The van der Waals surface area contributed by atoms with Gasteiger partial charge in [-0.15, -0.1) is 12.4 Å². The molecule has 0 unspecified atom stereocenters. The molecule has 0 saturated heterocycles. The topological polar surface area (TPSA) is 34.4 Å². The zero-order valence-electron chi connectivity index (χ0n) is 17.0. The second-order valence-electron chi connectivity index (χ2n) is 7.58. The Morgan fingerprint density at radius 2 is 1.23 bits per heavy atom. The Morgan fingerprint density at radius 3 is 1.68 bits per heavy atom. The predicted molar refractivity (Wildman–Crippen MR) is 137 cm³/mol. The summed E-state index contributed by atoms with van der Waals surface area (Å²) in [4.78, 5) is 18.9. The average Bonchev–Trinajstić information content (AvgIpc) is 3.30. The number of thiazole rings is 1. The summed E-state index contributed by atoms with van der Waals surface area (Å²) in [6, 6.07) is 33.3. The minimum Gasteiger partial charge on any atom is -0.147 e. The molecule has 5 rings (SSSR count). The fourth-order valence-corrected chi connectivity index (χ4v) is 10.4. The van der Waals surface area contributed by atoms with Gasteiger partial charge in [-0.05, 0) is 0 Å². The molecule has 3 nitrogen and oxygen atoms in total. The molecule has 0 aliphatic carbocycles.